The third-order valence-corrected chi connectivity index (χ3v) is 2.93. The molecular weight excluding hydrogens is 266 g/mol. The highest BCUT2D eigenvalue weighted by Crippen LogP contribution is 2.29. The maximum atomic E-state index is 6.06. The number of anilines is 3. The maximum Gasteiger partial charge on any atom is 0.148 e. The first-order valence-corrected chi connectivity index (χ1v) is 5.92. The van der Waals surface area contributed by atoms with Gasteiger partial charge < -0.3 is 15.5 Å². The van der Waals surface area contributed by atoms with Gasteiger partial charge in [0.1, 0.15) is 23.7 Å². The summed E-state index contributed by atoms with van der Waals surface area (Å²) in [5.41, 5.74) is 4.13. The van der Waals surface area contributed by atoms with Crippen molar-refractivity contribution in [1.82, 2.24) is 9.97 Å². The number of halogens is 1. The first-order valence-electron chi connectivity index (χ1n) is 5.54. The van der Waals surface area contributed by atoms with Crippen LogP contribution in [0.15, 0.2) is 24.5 Å². The molecule has 0 saturated carbocycles. The number of nitrogens with one attached hydrogen (secondary N) is 2. The second-order valence-corrected chi connectivity index (χ2v) is 4.22. The van der Waals surface area contributed by atoms with Crippen LogP contribution in [0.1, 0.15) is 5.56 Å². The van der Waals surface area contributed by atoms with Gasteiger partial charge in [0.25, 0.3) is 0 Å². The molecule has 0 unspecified atom stereocenters. The van der Waals surface area contributed by atoms with Gasteiger partial charge >= 0.3 is 0 Å². The minimum Gasteiger partial charge on any atom is -0.495 e. The Bertz CT molecular complexity index is 590. The maximum absolute atomic E-state index is 6.06. The fourth-order valence-corrected chi connectivity index (χ4v) is 1.86. The van der Waals surface area contributed by atoms with Gasteiger partial charge in [0, 0.05) is 11.3 Å². The number of ether oxygens (including phenoxy) is 1. The predicted octanol–water partition coefficient (Wildman–Crippen LogP) is 2.48. The molecule has 1 aromatic heterocycles. The minimum atomic E-state index is 0.524. The van der Waals surface area contributed by atoms with Crippen molar-refractivity contribution in [3.8, 4) is 5.75 Å². The van der Waals surface area contributed by atoms with Crippen molar-refractivity contribution in [3.05, 3.63) is 35.1 Å². The van der Waals surface area contributed by atoms with E-state index in [2.05, 4.69) is 20.7 Å². The zero-order valence-corrected chi connectivity index (χ0v) is 11.3. The standard InChI is InChI=1S/C12H14ClN5O/c1-7-11(15-6-16-12(7)18-14)17-8-3-4-10(19-2)9(13)5-8/h3-6H,14H2,1-2H3,(H2,15,16,17,18). The zero-order chi connectivity index (χ0) is 13.8. The van der Waals surface area contributed by atoms with E-state index >= 15 is 0 Å². The highest BCUT2D eigenvalue weighted by Gasteiger charge is 2.07. The lowest BCUT2D eigenvalue weighted by Gasteiger charge is -2.12. The average molecular weight is 280 g/mol. The molecule has 2 rings (SSSR count). The van der Waals surface area contributed by atoms with Gasteiger partial charge in [0.15, 0.2) is 0 Å². The molecule has 0 amide bonds. The van der Waals surface area contributed by atoms with Gasteiger partial charge in [-0.25, -0.2) is 15.8 Å². The van der Waals surface area contributed by atoms with Gasteiger partial charge in [-0.15, -0.1) is 0 Å². The summed E-state index contributed by atoms with van der Waals surface area (Å²) in [4.78, 5) is 8.17. The molecular formula is C12H14ClN5O. The molecule has 0 atom stereocenters. The SMILES string of the molecule is COc1ccc(Nc2ncnc(NN)c2C)cc1Cl. The first-order chi connectivity index (χ1) is 9.15. The molecule has 6 nitrogen and oxygen atoms in total. The van der Waals surface area contributed by atoms with Crippen LogP contribution in [0.4, 0.5) is 17.3 Å². The number of nitrogens with zero attached hydrogens (tertiary/aromatic N) is 2. The molecule has 0 aliphatic rings. The highest BCUT2D eigenvalue weighted by molar-refractivity contribution is 6.32. The monoisotopic (exact) mass is 279 g/mol. The number of rotatable bonds is 4. The second-order valence-electron chi connectivity index (χ2n) is 3.81. The predicted molar refractivity (Wildman–Crippen MR) is 75.9 cm³/mol. The molecule has 0 spiro atoms. The van der Waals surface area contributed by atoms with Crippen LogP contribution in [0.2, 0.25) is 5.02 Å². The summed E-state index contributed by atoms with van der Waals surface area (Å²) < 4.78 is 5.10. The van der Waals surface area contributed by atoms with E-state index in [9.17, 15) is 0 Å². The van der Waals surface area contributed by atoms with Crippen molar-refractivity contribution < 1.29 is 4.74 Å². The number of aromatic nitrogens is 2. The van der Waals surface area contributed by atoms with E-state index in [0.717, 1.165) is 11.3 Å². The minimum absolute atomic E-state index is 0.524. The molecule has 0 bridgehead atoms. The molecule has 19 heavy (non-hydrogen) atoms. The number of nitrogen functional groups attached to an aromatic ring is 1. The quantitative estimate of drug-likeness (QED) is 0.589. The lowest BCUT2D eigenvalue weighted by atomic mass is 10.2. The summed E-state index contributed by atoms with van der Waals surface area (Å²) in [6, 6.07) is 5.39. The lowest BCUT2D eigenvalue weighted by molar-refractivity contribution is 0.415. The van der Waals surface area contributed by atoms with Crippen LogP contribution >= 0.6 is 11.6 Å². The van der Waals surface area contributed by atoms with Crippen molar-refractivity contribution in [3.63, 3.8) is 0 Å². The molecule has 1 heterocycles. The van der Waals surface area contributed by atoms with Crippen molar-refractivity contribution in [2.45, 2.75) is 6.92 Å². The third kappa shape index (κ3) is 2.86. The van der Waals surface area contributed by atoms with Gasteiger partial charge in [0.2, 0.25) is 0 Å². The van der Waals surface area contributed by atoms with E-state index in [4.69, 9.17) is 22.2 Å². The summed E-state index contributed by atoms with van der Waals surface area (Å²) in [6.07, 6.45) is 1.43. The molecule has 100 valence electrons. The van der Waals surface area contributed by atoms with Crippen LogP contribution in [0.3, 0.4) is 0 Å². The van der Waals surface area contributed by atoms with Crippen LogP contribution in [0.5, 0.6) is 5.75 Å². The molecule has 0 saturated heterocycles. The number of methoxy groups -OCH3 is 1. The molecule has 0 aliphatic heterocycles. The van der Waals surface area contributed by atoms with Crippen LogP contribution in [-0.2, 0) is 0 Å². The van der Waals surface area contributed by atoms with Crippen LogP contribution in [0, 0.1) is 6.92 Å². The van der Waals surface area contributed by atoms with Gasteiger partial charge in [0.05, 0.1) is 12.1 Å². The zero-order valence-electron chi connectivity index (χ0n) is 10.6. The molecule has 4 N–H and O–H groups in total. The van der Waals surface area contributed by atoms with E-state index in [1.807, 2.05) is 13.0 Å². The Kier molecular flexibility index (Phi) is 4.03. The van der Waals surface area contributed by atoms with Crippen molar-refractivity contribution >= 4 is 28.9 Å². The molecule has 0 aliphatic carbocycles. The first kappa shape index (κ1) is 13.4. The Morgan fingerprint density at radius 3 is 2.63 bits per heavy atom. The van der Waals surface area contributed by atoms with E-state index in [1.165, 1.54) is 6.33 Å². The lowest BCUT2D eigenvalue weighted by Crippen LogP contribution is -2.11. The van der Waals surface area contributed by atoms with Crippen LogP contribution in [0.25, 0.3) is 0 Å². The van der Waals surface area contributed by atoms with E-state index in [-0.39, 0.29) is 0 Å². The summed E-state index contributed by atoms with van der Waals surface area (Å²) in [7, 11) is 1.57. The van der Waals surface area contributed by atoms with Gasteiger partial charge in [-0.3, -0.25) is 0 Å². The molecule has 0 radical (unpaired) electrons. The van der Waals surface area contributed by atoms with Crippen LogP contribution < -0.4 is 21.3 Å². The smallest absolute Gasteiger partial charge is 0.148 e. The summed E-state index contributed by atoms with van der Waals surface area (Å²) in [5.74, 6) is 7.21. The van der Waals surface area contributed by atoms with E-state index in [0.29, 0.717) is 22.4 Å². The largest absolute Gasteiger partial charge is 0.495 e. The molecule has 1 aromatic carbocycles. The fraction of sp³-hybridized carbons (Fsp3) is 0.167. The summed E-state index contributed by atoms with van der Waals surface area (Å²) in [5, 5.41) is 3.68. The average Bonchev–Trinajstić information content (AvgIpc) is 2.41. The number of hydrogen-bond donors (Lipinski definition) is 3. The normalized spacial score (nSPS) is 10.1. The Labute approximate surface area is 115 Å². The Hall–Kier alpha value is -2.05. The number of nitrogens with two attached hydrogens (primary N) is 1. The fourth-order valence-electron chi connectivity index (χ4n) is 1.60. The number of benzene rings is 1. The van der Waals surface area contributed by atoms with Gasteiger partial charge in [-0.05, 0) is 25.1 Å². The Balaban J connectivity index is 2.29. The van der Waals surface area contributed by atoms with Crippen molar-refractivity contribution in [1.29, 1.82) is 0 Å². The second kappa shape index (κ2) is 5.73. The third-order valence-electron chi connectivity index (χ3n) is 2.64. The Morgan fingerprint density at radius 2 is 2.00 bits per heavy atom. The van der Waals surface area contributed by atoms with Gasteiger partial charge in [-0.1, -0.05) is 11.6 Å². The molecule has 0 fully saturated rings. The van der Waals surface area contributed by atoms with E-state index < -0.39 is 0 Å². The number of hydrogen-bond acceptors (Lipinski definition) is 6. The summed E-state index contributed by atoms with van der Waals surface area (Å²) >= 11 is 6.06. The number of hydrazine groups is 1. The summed E-state index contributed by atoms with van der Waals surface area (Å²) in [6.45, 7) is 1.86. The van der Waals surface area contributed by atoms with Crippen LogP contribution in [-0.4, -0.2) is 17.1 Å². The van der Waals surface area contributed by atoms with Crippen molar-refractivity contribution in [2.24, 2.45) is 5.84 Å². The molecule has 7 heteroatoms. The van der Waals surface area contributed by atoms with Gasteiger partial charge in [-0.2, -0.15) is 0 Å². The Morgan fingerprint density at radius 1 is 1.26 bits per heavy atom. The van der Waals surface area contributed by atoms with E-state index in [1.54, 1.807) is 19.2 Å². The highest BCUT2D eigenvalue weighted by atomic mass is 35.5. The molecule has 2 aromatic rings. The van der Waals surface area contributed by atoms with Crippen molar-refractivity contribution in [2.75, 3.05) is 17.9 Å². The topological polar surface area (TPSA) is 85.1 Å².